The molecule has 2 heterocycles. The summed E-state index contributed by atoms with van der Waals surface area (Å²) in [6, 6.07) is 7.64. The summed E-state index contributed by atoms with van der Waals surface area (Å²) in [5.74, 6) is 0.749. The van der Waals surface area contributed by atoms with Crippen molar-refractivity contribution in [3.63, 3.8) is 0 Å². The zero-order valence-electron chi connectivity index (χ0n) is 10.5. The molecule has 2 aromatic heterocycles. The van der Waals surface area contributed by atoms with Gasteiger partial charge in [0.1, 0.15) is 11.3 Å². The quantitative estimate of drug-likeness (QED) is 0.585. The van der Waals surface area contributed by atoms with E-state index in [1.165, 1.54) is 0 Å². The van der Waals surface area contributed by atoms with E-state index >= 15 is 0 Å². The first-order chi connectivity index (χ1) is 9.58. The molecule has 20 heavy (non-hydrogen) atoms. The van der Waals surface area contributed by atoms with Crippen molar-refractivity contribution in [1.29, 1.82) is 0 Å². The summed E-state index contributed by atoms with van der Waals surface area (Å²) in [5.41, 5.74) is 2.59. The van der Waals surface area contributed by atoms with E-state index in [1.807, 2.05) is 35.8 Å². The molecular formula is C14H10BrCl2N3. The first-order valence-electron chi connectivity index (χ1n) is 6.00. The van der Waals surface area contributed by atoms with Crippen molar-refractivity contribution in [3.05, 3.63) is 52.0 Å². The van der Waals surface area contributed by atoms with Crippen molar-refractivity contribution in [2.24, 2.45) is 0 Å². The minimum atomic E-state index is -0.234. The van der Waals surface area contributed by atoms with Crippen LogP contribution in [0.25, 0.3) is 16.7 Å². The van der Waals surface area contributed by atoms with Gasteiger partial charge in [0.05, 0.1) is 27.8 Å². The molecule has 0 aliphatic heterocycles. The van der Waals surface area contributed by atoms with Gasteiger partial charge in [-0.3, -0.25) is 9.55 Å². The van der Waals surface area contributed by atoms with Gasteiger partial charge in [0.2, 0.25) is 0 Å². The number of halogens is 3. The summed E-state index contributed by atoms with van der Waals surface area (Å²) < 4.78 is 2.90. The van der Waals surface area contributed by atoms with Crippen molar-refractivity contribution in [2.45, 2.75) is 12.3 Å². The van der Waals surface area contributed by atoms with Crippen LogP contribution in [-0.2, 0) is 0 Å². The molecule has 0 bridgehead atoms. The minimum Gasteiger partial charge on any atom is -0.293 e. The Kier molecular flexibility index (Phi) is 3.71. The van der Waals surface area contributed by atoms with Gasteiger partial charge in [0.15, 0.2) is 0 Å². The zero-order valence-corrected chi connectivity index (χ0v) is 13.6. The van der Waals surface area contributed by atoms with Gasteiger partial charge in [-0.2, -0.15) is 0 Å². The third kappa shape index (κ3) is 2.32. The van der Waals surface area contributed by atoms with Crippen LogP contribution >= 0.6 is 39.1 Å². The van der Waals surface area contributed by atoms with Gasteiger partial charge >= 0.3 is 0 Å². The lowest BCUT2D eigenvalue weighted by Gasteiger charge is -2.12. The van der Waals surface area contributed by atoms with E-state index in [0.29, 0.717) is 5.02 Å². The van der Waals surface area contributed by atoms with Gasteiger partial charge in [0.25, 0.3) is 0 Å². The largest absolute Gasteiger partial charge is 0.293 e. The molecule has 0 spiro atoms. The second-order valence-corrected chi connectivity index (χ2v) is 6.36. The van der Waals surface area contributed by atoms with Crippen molar-refractivity contribution in [1.82, 2.24) is 14.5 Å². The van der Waals surface area contributed by atoms with E-state index in [0.717, 1.165) is 27.0 Å². The van der Waals surface area contributed by atoms with Crippen LogP contribution in [-0.4, -0.2) is 14.5 Å². The Bertz CT molecular complexity index is 783. The van der Waals surface area contributed by atoms with E-state index in [2.05, 4.69) is 25.9 Å². The number of hydrogen-bond donors (Lipinski definition) is 0. The zero-order chi connectivity index (χ0) is 14.3. The summed E-state index contributed by atoms with van der Waals surface area (Å²) in [6.45, 7) is 1.89. The summed E-state index contributed by atoms with van der Waals surface area (Å²) in [7, 11) is 0. The minimum absolute atomic E-state index is 0.234. The number of alkyl halides is 1. The number of pyridine rings is 1. The molecule has 0 saturated carbocycles. The predicted molar refractivity (Wildman–Crippen MR) is 85.8 cm³/mol. The normalized spacial score (nSPS) is 12.8. The van der Waals surface area contributed by atoms with E-state index in [4.69, 9.17) is 23.2 Å². The Hall–Kier alpha value is -1.10. The Morgan fingerprint density at radius 2 is 2.10 bits per heavy atom. The van der Waals surface area contributed by atoms with Gasteiger partial charge in [0, 0.05) is 10.7 Å². The SMILES string of the molecule is CC(Cl)c1nc2cnccc2n1-c1ccc(Br)cc1Cl. The third-order valence-corrected chi connectivity index (χ3v) is 3.98. The third-order valence-electron chi connectivity index (χ3n) is 2.99. The smallest absolute Gasteiger partial charge is 0.132 e. The first kappa shape index (κ1) is 13.9. The fourth-order valence-electron chi connectivity index (χ4n) is 2.13. The van der Waals surface area contributed by atoms with Crippen molar-refractivity contribution in [2.75, 3.05) is 0 Å². The standard InChI is InChI=1S/C14H10BrCl2N3/c1-8(16)14-19-11-7-18-5-4-13(11)20(14)12-3-2-9(15)6-10(12)17/h2-8H,1H3. The highest BCUT2D eigenvalue weighted by atomic mass is 79.9. The molecule has 0 fully saturated rings. The van der Waals surface area contributed by atoms with Crippen LogP contribution in [0.5, 0.6) is 0 Å². The summed E-state index contributed by atoms with van der Waals surface area (Å²) >= 11 is 16.0. The molecule has 3 nitrogen and oxygen atoms in total. The van der Waals surface area contributed by atoms with Crippen molar-refractivity contribution >= 4 is 50.2 Å². The van der Waals surface area contributed by atoms with Crippen LogP contribution in [0, 0.1) is 0 Å². The fraction of sp³-hybridized carbons (Fsp3) is 0.143. The van der Waals surface area contributed by atoms with Crippen LogP contribution in [0.4, 0.5) is 0 Å². The average Bonchev–Trinajstić information content (AvgIpc) is 2.78. The van der Waals surface area contributed by atoms with Gasteiger partial charge in [-0.05, 0) is 31.2 Å². The highest BCUT2D eigenvalue weighted by Crippen LogP contribution is 2.32. The van der Waals surface area contributed by atoms with Crippen LogP contribution < -0.4 is 0 Å². The molecule has 102 valence electrons. The molecule has 1 unspecified atom stereocenters. The molecule has 1 aromatic carbocycles. The molecule has 3 aromatic rings. The van der Waals surface area contributed by atoms with Gasteiger partial charge in [-0.25, -0.2) is 4.98 Å². The Labute approximate surface area is 134 Å². The number of nitrogens with zero attached hydrogens (tertiary/aromatic N) is 3. The number of fused-ring (bicyclic) bond motifs is 1. The molecule has 3 rings (SSSR count). The molecule has 0 N–H and O–H groups in total. The summed E-state index contributed by atoms with van der Waals surface area (Å²) in [5, 5.41) is 0.399. The number of benzene rings is 1. The number of imidazole rings is 1. The monoisotopic (exact) mass is 369 g/mol. The number of hydrogen-bond acceptors (Lipinski definition) is 2. The lowest BCUT2D eigenvalue weighted by atomic mass is 10.3. The number of aromatic nitrogens is 3. The van der Waals surface area contributed by atoms with E-state index < -0.39 is 0 Å². The van der Waals surface area contributed by atoms with Crippen LogP contribution in [0.1, 0.15) is 18.1 Å². The van der Waals surface area contributed by atoms with Gasteiger partial charge < -0.3 is 0 Å². The summed E-state index contributed by atoms with van der Waals surface area (Å²) in [6.07, 6.45) is 3.46. The predicted octanol–water partition coefficient (Wildman–Crippen LogP) is 5.14. The molecule has 1 atom stereocenters. The fourth-order valence-corrected chi connectivity index (χ4v) is 3.04. The Balaban J connectivity index is 2.36. The van der Waals surface area contributed by atoms with Gasteiger partial charge in [-0.1, -0.05) is 27.5 Å². The maximum Gasteiger partial charge on any atom is 0.132 e. The first-order valence-corrected chi connectivity index (χ1v) is 7.60. The lowest BCUT2D eigenvalue weighted by molar-refractivity contribution is 0.882. The van der Waals surface area contributed by atoms with Crippen LogP contribution in [0.15, 0.2) is 41.1 Å². The maximum atomic E-state index is 6.36. The highest BCUT2D eigenvalue weighted by Gasteiger charge is 2.18. The molecule has 0 saturated heterocycles. The molecule has 0 aliphatic carbocycles. The topological polar surface area (TPSA) is 30.7 Å². The average molecular weight is 371 g/mol. The summed E-state index contributed by atoms with van der Waals surface area (Å²) in [4.78, 5) is 8.65. The van der Waals surface area contributed by atoms with Crippen molar-refractivity contribution in [3.8, 4) is 5.69 Å². The second kappa shape index (κ2) is 5.35. The highest BCUT2D eigenvalue weighted by molar-refractivity contribution is 9.10. The van der Waals surface area contributed by atoms with E-state index in [9.17, 15) is 0 Å². The maximum absolute atomic E-state index is 6.36. The van der Waals surface area contributed by atoms with E-state index in [1.54, 1.807) is 12.4 Å². The number of rotatable bonds is 2. The molecule has 0 amide bonds. The molecule has 0 aliphatic rings. The van der Waals surface area contributed by atoms with Gasteiger partial charge in [-0.15, -0.1) is 11.6 Å². The Morgan fingerprint density at radius 1 is 1.30 bits per heavy atom. The van der Waals surface area contributed by atoms with Crippen LogP contribution in [0.3, 0.4) is 0 Å². The lowest BCUT2D eigenvalue weighted by Crippen LogP contribution is -2.02. The van der Waals surface area contributed by atoms with Crippen molar-refractivity contribution < 1.29 is 0 Å². The van der Waals surface area contributed by atoms with Crippen LogP contribution in [0.2, 0.25) is 5.02 Å². The molecule has 6 heteroatoms. The second-order valence-electron chi connectivity index (χ2n) is 4.38. The van der Waals surface area contributed by atoms with E-state index in [-0.39, 0.29) is 5.38 Å². The Morgan fingerprint density at radius 3 is 2.80 bits per heavy atom. The molecular weight excluding hydrogens is 361 g/mol. The molecule has 0 radical (unpaired) electrons.